The Morgan fingerprint density at radius 3 is 2.65 bits per heavy atom. The number of furan rings is 1. The average Bonchev–Trinajstić information content (AvgIpc) is 3.46. The number of aryl methyl sites for hydroxylation is 1. The fraction of sp³-hybridized carbons (Fsp3) is 0.267. The van der Waals surface area contributed by atoms with Gasteiger partial charge in [0.25, 0.3) is 0 Å². The molecule has 0 fully saturated rings. The van der Waals surface area contributed by atoms with Gasteiger partial charge in [0.2, 0.25) is 0 Å². The number of rotatable bonds is 7. The quantitative estimate of drug-likeness (QED) is 0.281. The Morgan fingerprint density at radius 2 is 1.86 bits per heavy atom. The highest BCUT2D eigenvalue weighted by molar-refractivity contribution is 6.11. The third-order valence-corrected chi connectivity index (χ3v) is 6.18. The number of nitrogens with two attached hydrogens (primary N) is 1. The summed E-state index contributed by atoms with van der Waals surface area (Å²) < 4.78 is 19.5. The first-order valence-corrected chi connectivity index (χ1v) is 12.3. The maximum absolute atomic E-state index is 12.4. The minimum atomic E-state index is -0.542. The van der Waals surface area contributed by atoms with Crippen molar-refractivity contribution in [2.45, 2.75) is 45.9 Å². The van der Waals surface area contributed by atoms with Crippen LogP contribution in [0.4, 0.5) is 0 Å². The lowest BCUT2D eigenvalue weighted by molar-refractivity contribution is -0.153. The molecule has 0 unspecified atom stereocenters. The van der Waals surface area contributed by atoms with Crippen molar-refractivity contribution in [3.05, 3.63) is 83.7 Å². The number of carbonyl (C=O) groups is 1. The summed E-state index contributed by atoms with van der Waals surface area (Å²) in [5.41, 5.74) is 11.8. The standard InChI is InChI=1S/C30H31N3O4/c1-30(2,3)37-27(34)15-21-9-5-6-11-26(21)36-18-25-24-16-23(20-10-7-8-19(14-20)17-31)29-22(12-13-35-29)28(24)33(4)32-25/h5-14,16H,15,17-18,31H2,1-4H3. The van der Waals surface area contributed by atoms with Crippen molar-refractivity contribution in [3.8, 4) is 16.9 Å². The van der Waals surface area contributed by atoms with Crippen LogP contribution in [-0.2, 0) is 36.2 Å². The molecular formula is C30H31N3O4. The summed E-state index contributed by atoms with van der Waals surface area (Å²) in [5, 5.41) is 6.74. The molecule has 0 saturated carbocycles. The summed E-state index contributed by atoms with van der Waals surface area (Å²) in [5.74, 6) is 0.339. The van der Waals surface area contributed by atoms with Gasteiger partial charge >= 0.3 is 5.97 Å². The van der Waals surface area contributed by atoms with E-state index in [4.69, 9.17) is 24.7 Å². The summed E-state index contributed by atoms with van der Waals surface area (Å²) in [6, 6.07) is 19.8. The predicted octanol–water partition coefficient (Wildman–Crippen LogP) is 5.91. The molecule has 7 nitrogen and oxygen atoms in total. The average molecular weight is 498 g/mol. The number of fused-ring (bicyclic) bond motifs is 3. The van der Waals surface area contributed by atoms with Gasteiger partial charge in [-0.05, 0) is 56.2 Å². The second-order valence-corrected chi connectivity index (χ2v) is 10.1. The fourth-order valence-electron chi connectivity index (χ4n) is 4.64. The van der Waals surface area contributed by atoms with Gasteiger partial charge in [-0.2, -0.15) is 5.10 Å². The van der Waals surface area contributed by atoms with Crippen molar-refractivity contribution in [2.24, 2.45) is 12.8 Å². The van der Waals surface area contributed by atoms with Crippen LogP contribution in [0.5, 0.6) is 5.75 Å². The Balaban J connectivity index is 1.50. The van der Waals surface area contributed by atoms with E-state index in [-0.39, 0.29) is 19.0 Å². The number of ether oxygens (including phenoxy) is 2. The van der Waals surface area contributed by atoms with Gasteiger partial charge in [0.1, 0.15) is 29.2 Å². The van der Waals surface area contributed by atoms with Crippen LogP contribution in [0.3, 0.4) is 0 Å². The summed E-state index contributed by atoms with van der Waals surface area (Å²) in [6.45, 7) is 6.28. The maximum Gasteiger partial charge on any atom is 0.310 e. The van der Waals surface area contributed by atoms with Crippen LogP contribution in [0.25, 0.3) is 33.0 Å². The van der Waals surface area contributed by atoms with Crippen molar-refractivity contribution in [3.63, 3.8) is 0 Å². The van der Waals surface area contributed by atoms with Crippen molar-refractivity contribution in [1.29, 1.82) is 0 Å². The van der Waals surface area contributed by atoms with Gasteiger partial charge in [0.05, 0.1) is 18.2 Å². The number of para-hydroxylation sites is 1. The van der Waals surface area contributed by atoms with E-state index in [1.165, 1.54) is 0 Å². The molecule has 2 heterocycles. The SMILES string of the molecule is Cn1nc(COc2ccccc2CC(=O)OC(C)(C)C)c2cc(-c3cccc(CN)c3)c3occc3c21. The minimum absolute atomic E-state index is 0.133. The molecule has 5 aromatic rings. The van der Waals surface area contributed by atoms with Crippen LogP contribution in [0.2, 0.25) is 0 Å². The first-order valence-electron chi connectivity index (χ1n) is 12.3. The van der Waals surface area contributed by atoms with Crippen LogP contribution in [0.15, 0.2) is 71.3 Å². The molecule has 2 aromatic heterocycles. The monoisotopic (exact) mass is 497 g/mol. The molecule has 0 spiro atoms. The van der Waals surface area contributed by atoms with E-state index in [1.807, 2.05) is 75.0 Å². The zero-order valence-electron chi connectivity index (χ0n) is 21.6. The minimum Gasteiger partial charge on any atom is -0.487 e. The molecule has 7 heteroatoms. The van der Waals surface area contributed by atoms with Crippen LogP contribution < -0.4 is 10.5 Å². The maximum atomic E-state index is 12.4. The number of hydrogen-bond donors (Lipinski definition) is 1. The van der Waals surface area contributed by atoms with Gasteiger partial charge in [-0.1, -0.05) is 36.4 Å². The zero-order valence-corrected chi connectivity index (χ0v) is 21.6. The van der Waals surface area contributed by atoms with E-state index in [0.717, 1.165) is 49.8 Å². The van der Waals surface area contributed by atoms with Crippen molar-refractivity contribution >= 4 is 27.8 Å². The van der Waals surface area contributed by atoms with E-state index in [9.17, 15) is 4.79 Å². The molecule has 5 rings (SSSR count). The molecular weight excluding hydrogens is 466 g/mol. The van der Waals surface area contributed by atoms with Gasteiger partial charge in [0.15, 0.2) is 0 Å². The molecule has 190 valence electrons. The van der Waals surface area contributed by atoms with Crippen molar-refractivity contribution in [2.75, 3.05) is 0 Å². The first-order chi connectivity index (χ1) is 17.7. The third-order valence-electron chi connectivity index (χ3n) is 6.18. The summed E-state index contributed by atoms with van der Waals surface area (Å²) in [7, 11) is 1.92. The summed E-state index contributed by atoms with van der Waals surface area (Å²) in [6.07, 6.45) is 1.84. The lowest BCUT2D eigenvalue weighted by atomic mass is 9.98. The Hall–Kier alpha value is -4.10. The molecule has 3 aromatic carbocycles. The van der Waals surface area contributed by atoms with E-state index in [0.29, 0.717) is 12.3 Å². The lowest BCUT2D eigenvalue weighted by Crippen LogP contribution is -2.25. The fourth-order valence-corrected chi connectivity index (χ4v) is 4.64. The van der Waals surface area contributed by atoms with Gasteiger partial charge < -0.3 is 19.6 Å². The van der Waals surface area contributed by atoms with Gasteiger partial charge in [0, 0.05) is 35.5 Å². The number of carbonyl (C=O) groups excluding carboxylic acids is 1. The Labute approximate surface area is 215 Å². The lowest BCUT2D eigenvalue weighted by Gasteiger charge is -2.20. The molecule has 0 radical (unpaired) electrons. The van der Waals surface area contributed by atoms with Crippen LogP contribution in [0, 0.1) is 0 Å². The number of aromatic nitrogens is 2. The second-order valence-electron chi connectivity index (χ2n) is 10.1. The van der Waals surface area contributed by atoms with Gasteiger partial charge in [-0.15, -0.1) is 0 Å². The van der Waals surface area contributed by atoms with E-state index in [1.54, 1.807) is 6.26 Å². The predicted molar refractivity (Wildman–Crippen MR) is 144 cm³/mol. The molecule has 0 aliphatic rings. The number of hydrogen-bond acceptors (Lipinski definition) is 6. The molecule has 2 N–H and O–H groups in total. The highest BCUT2D eigenvalue weighted by Gasteiger charge is 2.20. The normalized spacial score (nSPS) is 11.8. The smallest absolute Gasteiger partial charge is 0.310 e. The third kappa shape index (κ3) is 5.08. The van der Waals surface area contributed by atoms with Gasteiger partial charge in [-0.25, -0.2) is 0 Å². The molecule has 0 aliphatic heterocycles. The molecule has 0 amide bonds. The summed E-state index contributed by atoms with van der Waals surface area (Å²) >= 11 is 0. The van der Waals surface area contributed by atoms with E-state index >= 15 is 0 Å². The van der Waals surface area contributed by atoms with Crippen molar-refractivity contribution < 1.29 is 18.7 Å². The highest BCUT2D eigenvalue weighted by Crippen LogP contribution is 2.37. The Kier molecular flexibility index (Phi) is 6.48. The van der Waals surface area contributed by atoms with Crippen LogP contribution >= 0.6 is 0 Å². The topological polar surface area (TPSA) is 92.5 Å². The molecule has 0 bridgehead atoms. The number of esters is 1. The van der Waals surface area contributed by atoms with E-state index < -0.39 is 5.60 Å². The largest absolute Gasteiger partial charge is 0.487 e. The van der Waals surface area contributed by atoms with Crippen molar-refractivity contribution in [1.82, 2.24) is 9.78 Å². The second kappa shape index (κ2) is 9.75. The highest BCUT2D eigenvalue weighted by atomic mass is 16.6. The molecule has 0 aliphatic carbocycles. The van der Waals surface area contributed by atoms with Crippen LogP contribution in [-0.4, -0.2) is 21.4 Å². The molecule has 0 atom stereocenters. The molecule has 0 saturated heterocycles. The Morgan fingerprint density at radius 1 is 1.05 bits per heavy atom. The summed E-state index contributed by atoms with van der Waals surface area (Å²) in [4.78, 5) is 12.4. The number of nitrogens with zero attached hydrogens (tertiary/aromatic N) is 2. The van der Waals surface area contributed by atoms with E-state index in [2.05, 4.69) is 18.2 Å². The zero-order chi connectivity index (χ0) is 26.2. The Bertz CT molecular complexity index is 1590. The number of benzene rings is 3. The van der Waals surface area contributed by atoms with Crippen LogP contribution in [0.1, 0.15) is 37.6 Å². The van der Waals surface area contributed by atoms with Gasteiger partial charge in [-0.3, -0.25) is 9.48 Å². The first kappa shape index (κ1) is 24.6. The molecule has 37 heavy (non-hydrogen) atoms.